The standard InChI is InChI=1S/C23H31NO/c1-5-25-22-15-20-19-13-9-10-14-21(19)24-23(20)18(17(22)4)12-8-6-7-11-16(2)3/h9-10,13-16,24H,5-8,11-12H2,1-4H3. The van der Waals surface area contributed by atoms with Gasteiger partial charge >= 0.3 is 0 Å². The number of ether oxygens (including phenoxy) is 1. The van der Waals surface area contributed by atoms with Gasteiger partial charge in [-0.05, 0) is 55.9 Å². The van der Waals surface area contributed by atoms with Gasteiger partial charge in [-0.25, -0.2) is 0 Å². The zero-order chi connectivity index (χ0) is 17.8. The second kappa shape index (κ2) is 7.95. The van der Waals surface area contributed by atoms with Gasteiger partial charge in [-0.2, -0.15) is 0 Å². The molecule has 1 N–H and O–H groups in total. The fraction of sp³-hybridized carbons (Fsp3) is 0.478. The molecule has 3 rings (SSSR count). The van der Waals surface area contributed by atoms with E-state index in [1.807, 2.05) is 0 Å². The van der Waals surface area contributed by atoms with E-state index in [0.717, 1.165) is 18.1 Å². The van der Waals surface area contributed by atoms with E-state index in [4.69, 9.17) is 4.74 Å². The smallest absolute Gasteiger partial charge is 0.123 e. The first-order valence-corrected chi connectivity index (χ1v) is 9.77. The molecule has 0 radical (unpaired) electrons. The van der Waals surface area contributed by atoms with Gasteiger partial charge in [0.05, 0.1) is 12.1 Å². The molecule has 0 unspecified atom stereocenters. The SMILES string of the molecule is CCOc1cc2c([nH]c3ccccc32)c(CCCCCC(C)C)c1C. The number of H-pyrrole nitrogens is 1. The van der Waals surface area contributed by atoms with Gasteiger partial charge < -0.3 is 9.72 Å². The first-order chi connectivity index (χ1) is 12.1. The molecule has 0 fully saturated rings. The lowest BCUT2D eigenvalue weighted by Crippen LogP contribution is -1.99. The molecule has 0 amide bonds. The summed E-state index contributed by atoms with van der Waals surface area (Å²) < 4.78 is 5.95. The fourth-order valence-corrected chi connectivity index (χ4v) is 3.78. The van der Waals surface area contributed by atoms with Gasteiger partial charge in [0.2, 0.25) is 0 Å². The Bertz CT molecular complexity index is 844. The minimum Gasteiger partial charge on any atom is -0.494 e. The van der Waals surface area contributed by atoms with E-state index < -0.39 is 0 Å². The first-order valence-electron chi connectivity index (χ1n) is 9.77. The first kappa shape index (κ1) is 17.8. The summed E-state index contributed by atoms with van der Waals surface area (Å²) in [5.74, 6) is 1.85. The summed E-state index contributed by atoms with van der Waals surface area (Å²) >= 11 is 0. The van der Waals surface area contributed by atoms with Gasteiger partial charge in [0.15, 0.2) is 0 Å². The number of fused-ring (bicyclic) bond motifs is 3. The van der Waals surface area contributed by atoms with Crippen molar-refractivity contribution in [2.45, 2.75) is 59.8 Å². The van der Waals surface area contributed by atoms with Crippen LogP contribution in [0.1, 0.15) is 57.6 Å². The number of nitrogens with one attached hydrogen (secondary N) is 1. The van der Waals surface area contributed by atoms with Crippen molar-refractivity contribution < 1.29 is 4.74 Å². The van der Waals surface area contributed by atoms with Crippen LogP contribution in [-0.4, -0.2) is 11.6 Å². The molecule has 2 aromatic carbocycles. The predicted octanol–water partition coefficient (Wildman–Crippen LogP) is 6.79. The summed E-state index contributed by atoms with van der Waals surface area (Å²) in [5, 5.41) is 2.58. The lowest BCUT2D eigenvalue weighted by atomic mass is 9.96. The zero-order valence-corrected chi connectivity index (χ0v) is 16.1. The number of hydrogen-bond donors (Lipinski definition) is 1. The van der Waals surface area contributed by atoms with Crippen LogP contribution in [0.5, 0.6) is 5.75 Å². The molecule has 25 heavy (non-hydrogen) atoms. The summed E-state index contributed by atoms with van der Waals surface area (Å²) in [5.41, 5.74) is 5.24. The van der Waals surface area contributed by atoms with E-state index in [2.05, 4.69) is 63.0 Å². The number of aromatic amines is 1. The average molecular weight is 338 g/mol. The molecule has 0 spiro atoms. The lowest BCUT2D eigenvalue weighted by Gasteiger charge is -2.14. The van der Waals surface area contributed by atoms with Crippen LogP contribution in [0.25, 0.3) is 21.8 Å². The van der Waals surface area contributed by atoms with E-state index >= 15 is 0 Å². The minimum atomic E-state index is 0.711. The number of aromatic nitrogens is 1. The quantitative estimate of drug-likeness (QED) is 0.450. The van der Waals surface area contributed by atoms with Crippen molar-refractivity contribution in [3.05, 3.63) is 41.5 Å². The largest absolute Gasteiger partial charge is 0.494 e. The van der Waals surface area contributed by atoms with Gasteiger partial charge in [0, 0.05) is 16.3 Å². The fourth-order valence-electron chi connectivity index (χ4n) is 3.78. The molecule has 0 bridgehead atoms. The molecule has 0 saturated heterocycles. The third kappa shape index (κ3) is 3.84. The summed E-state index contributed by atoms with van der Waals surface area (Å²) in [6, 6.07) is 10.8. The lowest BCUT2D eigenvalue weighted by molar-refractivity contribution is 0.338. The Kier molecular flexibility index (Phi) is 5.67. The van der Waals surface area contributed by atoms with Crippen LogP contribution in [0.3, 0.4) is 0 Å². The molecule has 1 aromatic heterocycles. The second-order valence-electron chi connectivity index (χ2n) is 7.50. The minimum absolute atomic E-state index is 0.711. The number of benzene rings is 2. The monoisotopic (exact) mass is 337 g/mol. The Labute approximate surface area is 151 Å². The number of aryl methyl sites for hydroxylation is 1. The molecule has 3 aromatic rings. The van der Waals surface area contributed by atoms with Crippen molar-refractivity contribution in [1.29, 1.82) is 0 Å². The van der Waals surface area contributed by atoms with E-state index in [1.54, 1.807) is 0 Å². The van der Waals surface area contributed by atoms with Crippen molar-refractivity contribution >= 4 is 21.8 Å². The summed E-state index contributed by atoms with van der Waals surface area (Å²) in [7, 11) is 0. The highest BCUT2D eigenvalue weighted by atomic mass is 16.5. The molecule has 0 aliphatic carbocycles. The molecule has 0 saturated carbocycles. The topological polar surface area (TPSA) is 25.0 Å². The van der Waals surface area contributed by atoms with Crippen molar-refractivity contribution in [2.24, 2.45) is 5.92 Å². The van der Waals surface area contributed by atoms with Crippen molar-refractivity contribution in [3.8, 4) is 5.75 Å². The number of rotatable bonds is 8. The van der Waals surface area contributed by atoms with Crippen LogP contribution in [0.4, 0.5) is 0 Å². The summed E-state index contributed by atoms with van der Waals surface area (Å²) in [4.78, 5) is 3.66. The summed E-state index contributed by atoms with van der Waals surface area (Å²) in [6.07, 6.45) is 6.33. The maximum atomic E-state index is 5.95. The third-order valence-corrected chi connectivity index (χ3v) is 5.15. The Morgan fingerprint density at radius 2 is 1.84 bits per heavy atom. The van der Waals surface area contributed by atoms with E-state index in [0.29, 0.717) is 6.61 Å². The highest BCUT2D eigenvalue weighted by Crippen LogP contribution is 2.35. The average Bonchev–Trinajstić information content (AvgIpc) is 2.95. The van der Waals surface area contributed by atoms with Gasteiger partial charge in [0.25, 0.3) is 0 Å². The van der Waals surface area contributed by atoms with Crippen LogP contribution >= 0.6 is 0 Å². The Balaban J connectivity index is 1.95. The predicted molar refractivity (Wildman–Crippen MR) is 109 cm³/mol. The van der Waals surface area contributed by atoms with Gasteiger partial charge in [-0.15, -0.1) is 0 Å². The molecule has 1 heterocycles. The number of para-hydroxylation sites is 1. The highest BCUT2D eigenvalue weighted by Gasteiger charge is 2.15. The molecular formula is C23H31NO. The zero-order valence-electron chi connectivity index (χ0n) is 16.1. The highest BCUT2D eigenvalue weighted by molar-refractivity contribution is 6.09. The van der Waals surface area contributed by atoms with Crippen LogP contribution in [0, 0.1) is 12.8 Å². The Morgan fingerprint density at radius 3 is 2.60 bits per heavy atom. The molecule has 0 atom stereocenters. The van der Waals surface area contributed by atoms with E-state index in [1.165, 1.54) is 58.6 Å². The second-order valence-corrected chi connectivity index (χ2v) is 7.50. The molecule has 2 heteroatoms. The van der Waals surface area contributed by atoms with E-state index in [-0.39, 0.29) is 0 Å². The van der Waals surface area contributed by atoms with Crippen molar-refractivity contribution in [1.82, 2.24) is 4.98 Å². The molecule has 0 aliphatic heterocycles. The van der Waals surface area contributed by atoms with Crippen molar-refractivity contribution in [2.75, 3.05) is 6.61 Å². The van der Waals surface area contributed by atoms with Crippen LogP contribution < -0.4 is 4.74 Å². The maximum absolute atomic E-state index is 5.95. The van der Waals surface area contributed by atoms with Crippen molar-refractivity contribution in [3.63, 3.8) is 0 Å². The normalized spacial score (nSPS) is 11.7. The number of hydrogen-bond acceptors (Lipinski definition) is 1. The summed E-state index contributed by atoms with van der Waals surface area (Å²) in [6.45, 7) is 9.60. The molecule has 134 valence electrons. The van der Waals surface area contributed by atoms with Crippen LogP contribution in [0.15, 0.2) is 30.3 Å². The van der Waals surface area contributed by atoms with Gasteiger partial charge in [-0.1, -0.05) is 51.3 Å². The Hall–Kier alpha value is -1.96. The number of unbranched alkanes of at least 4 members (excludes halogenated alkanes) is 2. The molecule has 2 nitrogen and oxygen atoms in total. The van der Waals surface area contributed by atoms with Crippen LogP contribution in [-0.2, 0) is 6.42 Å². The van der Waals surface area contributed by atoms with Crippen LogP contribution in [0.2, 0.25) is 0 Å². The third-order valence-electron chi connectivity index (χ3n) is 5.15. The molecular weight excluding hydrogens is 306 g/mol. The van der Waals surface area contributed by atoms with Gasteiger partial charge in [-0.3, -0.25) is 0 Å². The maximum Gasteiger partial charge on any atom is 0.123 e. The van der Waals surface area contributed by atoms with Gasteiger partial charge in [0.1, 0.15) is 5.75 Å². The Morgan fingerprint density at radius 1 is 1.04 bits per heavy atom. The molecule has 0 aliphatic rings. The van der Waals surface area contributed by atoms with E-state index in [9.17, 15) is 0 Å².